The van der Waals surface area contributed by atoms with Crippen molar-refractivity contribution in [2.24, 2.45) is 0 Å². The smallest absolute Gasteiger partial charge is 0.407 e. The Balaban J connectivity index is 1.87. The van der Waals surface area contributed by atoms with Gasteiger partial charge in [-0.25, -0.2) is 4.79 Å². The maximum atomic E-state index is 12.2. The summed E-state index contributed by atoms with van der Waals surface area (Å²) in [5.41, 5.74) is 1.44. The summed E-state index contributed by atoms with van der Waals surface area (Å²) in [6.07, 6.45) is -0.511. The highest BCUT2D eigenvalue weighted by Gasteiger charge is 2.22. The van der Waals surface area contributed by atoms with Gasteiger partial charge in [-0.15, -0.1) is 0 Å². The van der Waals surface area contributed by atoms with Crippen LogP contribution in [-0.2, 0) is 27.4 Å². The van der Waals surface area contributed by atoms with Gasteiger partial charge in [-0.2, -0.15) is 0 Å². The van der Waals surface area contributed by atoms with E-state index in [2.05, 4.69) is 10.6 Å². The van der Waals surface area contributed by atoms with Gasteiger partial charge in [-0.1, -0.05) is 60.7 Å². The molecule has 0 aliphatic heterocycles. The molecule has 0 saturated carbocycles. The van der Waals surface area contributed by atoms with Gasteiger partial charge in [0.25, 0.3) is 0 Å². The average Bonchev–Trinajstić information content (AvgIpc) is 2.66. The number of nitrogens with one attached hydrogen (secondary N) is 2. The van der Waals surface area contributed by atoms with Gasteiger partial charge >= 0.3 is 12.1 Å². The number of esters is 1. The van der Waals surface area contributed by atoms with Crippen molar-refractivity contribution in [2.45, 2.75) is 52.0 Å². The van der Waals surface area contributed by atoms with Crippen molar-refractivity contribution in [3.63, 3.8) is 0 Å². The second kappa shape index (κ2) is 11.2. The van der Waals surface area contributed by atoms with Crippen LogP contribution in [0.4, 0.5) is 4.79 Å². The van der Waals surface area contributed by atoms with Crippen molar-refractivity contribution in [3.8, 4) is 0 Å². The van der Waals surface area contributed by atoms with E-state index in [0.29, 0.717) is 13.1 Å². The molecule has 1 atom stereocenters. The Kier molecular flexibility index (Phi) is 8.68. The lowest BCUT2D eigenvalue weighted by molar-refractivity contribution is -0.155. The molecule has 0 heterocycles. The van der Waals surface area contributed by atoms with Crippen molar-refractivity contribution < 1.29 is 19.1 Å². The van der Waals surface area contributed by atoms with Gasteiger partial charge < -0.3 is 20.1 Å². The Morgan fingerprint density at radius 2 is 1.52 bits per heavy atom. The van der Waals surface area contributed by atoms with Crippen LogP contribution in [0.1, 0.15) is 38.3 Å². The minimum absolute atomic E-state index is 0.0551. The summed E-state index contributed by atoms with van der Waals surface area (Å²) in [5.74, 6) is -0.368. The minimum atomic E-state index is -0.576. The molecular weight excluding hydrogens is 368 g/mol. The molecule has 1 amide bonds. The van der Waals surface area contributed by atoms with E-state index in [9.17, 15) is 9.59 Å². The molecule has 2 rings (SSSR count). The fraction of sp³-hybridized carbons (Fsp3) is 0.391. The fourth-order valence-corrected chi connectivity index (χ4v) is 2.68. The number of benzene rings is 2. The quantitative estimate of drug-likeness (QED) is 0.628. The van der Waals surface area contributed by atoms with Crippen LogP contribution in [0.3, 0.4) is 0 Å². The molecule has 0 spiro atoms. The Morgan fingerprint density at radius 3 is 2.10 bits per heavy atom. The van der Waals surface area contributed by atoms with Crippen LogP contribution in [0.15, 0.2) is 60.7 Å². The van der Waals surface area contributed by atoms with E-state index in [1.54, 1.807) is 0 Å². The maximum Gasteiger partial charge on any atom is 0.407 e. The summed E-state index contributed by atoms with van der Waals surface area (Å²) in [6.45, 7) is 6.66. The fourth-order valence-electron chi connectivity index (χ4n) is 2.68. The molecule has 2 aromatic rings. The topological polar surface area (TPSA) is 76.7 Å². The zero-order valence-corrected chi connectivity index (χ0v) is 17.3. The van der Waals surface area contributed by atoms with Crippen LogP contribution in [-0.4, -0.2) is 30.3 Å². The van der Waals surface area contributed by atoms with Crippen LogP contribution in [0.5, 0.6) is 0 Å². The lowest BCUT2D eigenvalue weighted by Crippen LogP contribution is -2.44. The monoisotopic (exact) mass is 398 g/mol. The Morgan fingerprint density at radius 1 is 0.931 bits per heavy atom. The highest BCUT2D eigenvalue weighted by atomic mass is 16.6. The van der Waals surface area contributed by atoms with Gasteiger partial charge in [-0.3, -0.25) is 4.79 Å². The molecule has 0 aliphatic rings. The van der Waals surface area contributed by atoms with Crippen molar-refractivity contribution in [3.05, 3.63) is 71.8 Å². The molecule has 2 aromatic carbocycles. The molecule has 0 bridgehead atoms. The zero-order chi connectivity index (χ0) is 21.1. The number of hydrogen-bond acceptors (Lipinski definition) is 5. The van der Waals surface area contributed by atoms with Crippen molar-refractivity contribution >= 4 is 12.1 Å². The molecule has 2 N–H and O–H groups in total. The number of alkyl carbamates (subject to hydrolysis) is 1. The van der Waals surface area contributed by atoms with E-state index < -0.39 is 17.7 Å². The summed E-state index contributed by atoms with van der Waals surface area (Å²) in [5, 5.41) is 6.04. The van der Waals surface area contributed by atoms with E-state index in [4.69, 9.17) is 9.47 Å². The van der Waals surface area contributed by atoms with Gasteiger partial charge in [0, 0.05) is 13.1 Å². The molecule has 0 aliphatic carbocycles. The van der Waals surface area contributed by atoms with Crippen LogP contribution in [0, 0.1) is 0 Å². The van der Waals surface area contributed by atoms with Crippen LogP contribution in [0.2, 0.25) is 0 Å². The standard InChI is InChI=1S/C23H30N2O4/c1-23(2,3)29-21(26)14-20(16-24-15-18-10-6-4-7-11-18)25-22(27)28-17-19-12-8-5-9-13-19/h4-13,20,24H,14-17H2,1-3H3,(H,25,27)/t20-/m0/s1. The van der Waals surface area contributed by atoms with E-state index in [1.165, 1.54) is 0 Å². The Labute approximate surface area is 172 Å². The van der Waals surface area contributed by atoms with Crippen molar-refractivity contribution in [1.29, 1.82) is 0 Å². The van der Waals surface area contributed by atoms with Gasteiger partial charge in [0.2, 0.25) is 0 Å². The van der Waals surface area contributed by atoms with Crippen LogP contribution < -0.4 is 10.6 Å². The zero-order valence-electron chi connectivity index (χ0n) is 17.3. The summed E-state index contributed by atoms with van der Waals surface area (Å²) in [6, 6.07) is 18.9. The van der Waals surface area contributed by atoms with E-state index >= 15 is 0 Å². The summed E-state index contributed by atoms with van der Waals surface area (Å²) < 4.78 is 10.7. The predicted molar refractivity (Wildman–Crippen MR) is 112 cm³/mol. The van der Waals surface area contributed by atoms with E-state index in [1.807, 2.05) is 81.4 Å². The number of rotatable bonds is 9. The molecular formula is C23H30N2O4. The molecule has 6 nitrogen and oxygen atoms in total. The third-order valence-electron chi connectivity index (χ3n) is 3.93. The summed E-state index contributed by atoms with van der Waals surface area (Å²) in [7, 11) is 0. The normalized spacial score (nSPS) is 12.1. The van der Waals surface area contributed by atoms with Crippen molar-refractivity contribution in [1.82, 2.24) is 10.6 Å². The Hall–Kier alpha value is -2.86. The number of carbonyl (C=O) groups is 2. The summed E-state index contributed by atoms with van der Waals surface area (Å²) >= 11 is 0. The average molecular weight is 399 g/mol. The SMILES string of the molecule is CC(C)(C)OC(=O)C[C@@H](CNCc1ccccc1)NC(=O)OCc1ccccc1. The van der Waals surface area contributed by atoms with E-state index in [0.717, 1.165) is 11.1 Å². The highest BCUT2D eigenvalue weighted by Crippen LogP contribution is 2.10. The molecule has 0 unspecified atom stereocenters. The van der Waals surface area contributed by atoms with Gasteiger partial charge in [0.15, 0.2) is 0 Å². The molecule has 0 saturated heterocycles. The second-order valence-electron chi connectivity index (χ2n) is 7.81. The number of ether oxygens (including phenoxy) is 2. The van der Waals surface area contributed by atoms with Crippen LogP contribution in [0.25, 0.3) is 0 Å². The third kappa shape index (κ3) is 9.76. The molecule has 6 heteroatoms. The molecule has 29 heavy (non-hydrogen) atoms. The first-order valence-electron chi connectivity index (χ1n) is 9.75. The highest BCUT2D eigenvalue weighted by molar-refractivity contribution is 5.73. The minimum Gasteiger partial charge on any atom is -0.460 e. The van der Waals surface area contributed by atoms with Crippen molar-refractivity contribution in [2.75, 3.05) is 6.54 Å². The summed E-state index contributed by atoms with van der Waals surface area (Å²) in [4.78, 5) is 24.4. The first-order chi connectivity index (χ1) is 13.8. The second-order valence-corrected chi connectivity index (χ2v) is 7.81. The molecule has 0 fully saturated rings. The predicted octanol–water partition coefficient (Wildman–Crippen LogP) is 3.80. The first kappa shape index (κ1) is 22.4. The largest absolute Gasteiger partial charge is 0.460 e. The van der Waals surface area contributed by atoms with Gasteiger partial charge in [0.1, 0.15) is 12.2 Å². The molecule has 0 aromatic heterocycles. The lowest BCUT2D eigenvalue weighted by atomic mass is 10.1. The van der Waals surface area contributed by atoms with Gasteiger partial charge in [-0.05, 0) is 31.9 Å². The molecule has 156 valence electrons. The number of hydrogen-bond donors (Lipinski definition) is 2. The maximum absolute atomic E-state index is 12.2. The van der Waals surface area contributed by atoms with E-state index in [-0.39, 0.29) is 19.0 Å². The number of amides is 1. The third-order valence-corrected chi connectivity index (χ3v) is 3.93. The first-order valence-corrected chi connectivity index (χ1v) is 9.75. The van der Waals surface area contributed by atoms with Gasteiger partial charge in [0.05, 0.1) is 12.5 Å². The number of carbonyl (C=O) groups excluding carboxylic acids is 2. The Bertz CT molecular complexity index is 757. The molecule has 0 radical (unpaired) electrons. The van der Waals surface area contributed by atoms with Crippen LogP contribution >= 0.6 is 0 Å². The lowest BCUT2D eigenvalue weighted by Gasteiger charge is -2.23.